The number of benzene rings is 1. The summed E-state index contributed by atoms with van der Waals surface area (Å²) in [7, 11) is 1.78. The van der Waals surface area contributed by atoms with Crippen LogP contribution in [0.1, 0.15) is 5.56 Å². The van der Waals surface area contributed by atoms with Crippen molar-refractivity contribution in [2.75, 3.05) is 13.6 Å². The van der Waals surface area contributed by atoms with E-state index >= 15 is 0 Å². The Morgan fingerprint density at radius 3 is 2.71 bits per heavy atom. The highest BCUT2D eigenvalue weighted by atomic mass is 35.5. The van der Waals surface area contributed by atoms with Crippen molar-refractivity contribution in [2.24, 2.45) is 0 Å². The molecule has 0 aliphatic rings. The number of halogens is 3. The Morgan fingerprint density at radius 2 is 2.14 bits per heavy atom. The first kappa shape index (κ1) is 11.3. The molecule has 4 heteroatoms. The molecule has 1 N–H and O–H groups in total. The van der Waals surface area contributed by atoms with E-state index in [9.17, 15) is 4.39 Å². The van der Waals surface area contributed by atoms with Crippen molar-refractivity contribution >= 4 is 23.2 Å². The molecule has 1 aromatic rings. The Kier molecular flexibility index (Phi) is 4.21. The van der Waals surface area contributed by atoms with Crippen LogP contribution in [0.3, 0.4) is 0 Å². The van der Waals surface area contributed by atoms with Crippen LogP contribution in [0.15, 0.2) is 12.1 Å². The maximum Gasteiger partial charge on any atom is 0.144 e. The molecule has 1 rings (SSSR count). The Bertz CT molecular complexity index is 370. The summed E-state index contributed by atoms with van der Waals surface area (Å²) in [6, 6.07) is 2.80. The van der Waals surface area contributed by atoms with Gasteiger partial charge in [-0.2, -0.15) is 0 Å². The summed E-state index contributed by atoms with van der Waals surface area (Å²) in [5.41, 5.74) is 0.521. The molecule has 1 aromatic carbocycles. The van der Waals surface area contributed by atoms with Crippen LogP contribution in [0, 0.1) is 17.7 Å². The normalized spacial score (nSPS) is 9.43. The van der Waals surface area contributed by atoms with E-state index in [-0.39, 0.29) is 10.0 Å². The summed E-state index contributed by atoms with van der Waals surface area (Å²) >= 11 is 11.2. The topological polar surface area (TPSA) is 12.0 Å². The zero-order chi connectivity index (χ0) is 10.6. The lowest BCUT2D eigenvalue weighted by Gasteiger charge is -1.98. The smallest absolute Gasteiger partial charge is 0.144 e. The third-order valence-electron chi connectivity index (χ3n) is 1.48. The lowest BCUT2D eigenvalue weighted by Crippen LogP contribution is -2.04. The minimum atomic E-state index is -0.548. The fourth-order valence-corrected chi connectivity index (χ4v) is 1.18. The van der Waals surface area contributed by atoms with E-state index in [1.54, 1.807) is 7.05 Å². The van der Waals surface area contributed by atoms with Gasteiger partial charge in [-0.05, 0) is 19.2 Å². The highest BCUT2D eigenvalue weighted by molar-refractivity contribution is 6.42. The molecule has 0 aromatic heterocycles. The van der Waals surface area contributed by atoms with Crippen LogP contribution in [0.5, 0.6) is 0 Å². The van der Waals surface area contributed by atoms with E-state index in [1.807, 2.05) is 0 Å². The van der Waals surface area contributed by atoms with Gasteiger partial charge in [0.2, 0.25) is 0 Å². The van der Waals surface area contributed by atoms with Gasteiger partial charge in [-0.3, -0.25) is 0 Å². The van der Waals surface area contributed by atoms with Crippen molar-refractivity contribution < 1.29 is 4.39 Å². The fourth-order valence-electron chi connectivity index (χ4n) is 0.862. The van der Waals surface area contributed by atoms with Crippen LogP contribution in [-0.2, 0) is 0 Å². The second kappa shape index (κ2) is 5.21. The van der Waals surface area contributed by atoms with Crippen molar-refractivity contribution in [3.05, 3.63) is 33.6 Å². The summed E-state index contributed by atoms with van der Waals surface area (Å²) in [5, 5.41) is 2.97. The molecule has 0 atom stereocenters. The lowest BCUT2D eigenvalue weighted by atomic mass is 10.2. The molecule has 0 aliphatic carbocycles. The van der Waals surface area contributed by atoms with Crippen molar-refractivity contribution in [2.45, 2.75) is 0 Å². The molecule has 0 aliphatic heterocycles. The highest BCUT2D eigenvalue weighted by Gasteiger charge is 2.05. The first-order valence-corrected chi connectivity index (χ1v) is 4.68. The van der Waals surface area contributed by atoms with Gasteiger partial charge < -0.3 is 5.32 Å². The molecule has 0 unspecified atom stereocenters. The van der Waals surface area contributed by atoms with Crippen molar-refractivity contribution in [1.29, 1.82) is 0 Å². The molecule has 0 fully saturated rings. The van der Waals surface area contributed by atoms with Crippen LogP contribution >= 0.6 is 23.2 Å². The molecule has 0 bridgehead atoms. The van der Waals surface area contributed by atoms with Crippen molar-refractivity contribution in [3.8, 4) is 11.8 Å². The minimum absolute atomic E-state index is 0.0640. The van der Waals surface area contributed by atoms with Gasteiger partial charge in [0.25, 0.3) is 0 Å². The van der Waals surface area contributed by atoms with E-state index < -0.39 is 5.82 Å². The first-order chi connectivity index (χ1) is 6.65. The molecular formula is C10H8Cl2FN. The van der Waals surface area contributed by atoms with E-state index in [0.717, 1.165) is 0 Å². The molecule has 0 heterocycles. The number of nitrogens with one attached hydrogen (secondary N) is 1. The molecule has 0 spiro atoms. The third kappa shape index (κ3) is 2.88. The molecule has 0 saturated carbocycles. The lowest BCUT2D eigenvalue weighted by molar-refractivity contribution is 0.628. The van der Waals surface area contributed by atoms with Gasteiger partial charge in [0.05, 0.1) is 16.6 Å². The summed E-state index contributed by atoms with van der Waals surface area (Å²) in [5.74, 6) is 5.01. The minimum Gasteiger partial charge on any atom is -0.309 e. The zero-order valence-corrected chi connectivity index (χ0v) is 9.01. The molecular weight excluding hydrogens is 224 g/mol. The fraction of sp³-hybridized carbons (Fsp3) is 0.200. The number of rotatable bonds is 1. The van der Waals surface area contributed by atoms with Crippen LogP contribution < -0.4 is 5.32 Å². The summed E-state index contributed by atoms with van der Waals surface area (Å²) in [6.07, 6.45) is 0. The average Bonchev–Trinajstić information content (AvgIpc) is 2.14. The highest BCUT2D eigenvalue weighted by Crippen LogP contribution is 2.25. The largest absolute Gasteiger partial charge is 0.309 e. The van der Waals surface area contributed by atoms with Gasteiger partial charge in [0, 0.05) is 5.56 Å². The van der Waals surface area contributed by atoms with E-state index in [0.29, 0.717) is 12.1 Å². The van der Waals surface area contributed by atoms with Gasteiger partial charge in [-0.25, -0.2) is 4.39 Å². The molecule has 0 saturated heterocycles. The van der Waals surface area contributed by atoms with Gasteiger partial charge >= 0.3 is 0 Å². The van der Waals surface area contributed by atoms with Gasteiger partial charge in [0.1, 0.15) is 5.82 Å². The van der Waals surface area contributed by atoms with Crippen LogP contribution in [0.2, 0.25) is 10.0 Å². The Labute approximate surface area is 92.2 Å². The molecule has 0 amide bonds. The second-order valence-corrected chi connectivity index (χ2v) is 3.37. The van der Waals surface area contributed by atoms with Crippen LogP contribution in [0.4, 0.5) is 4.39 Å². The number of hydrogen-bond donors (Lipinski definition) is 1. The Balaban J connectivity index is 2.97. The molecule has 1 nitrogen and oxygen atoms in total. The summed E-state index contributed by atoms with van der Waals surface area (Å²) in [6.45, 7) is 0.544. The summed E-state index contributed by atoms with van der Waals surface area (Å²) in [4.78, 5) is 0. The standard InChI is InChI=1S/C10H8Cl2FN/c1-14-4-2-3-7-5-8(11)10(12)9(13)6-7/h5-6,14H,4H2,1H3. The van der Waals surface area contributed by atoms with Crippen molar-refractivity contribution in [3.63, 3.8) is 0 Å². The first-order valence-electron chi connectivity index (χ1n) is 3.93. The van der Waals surface area contributed by atoms with E-state index in [4.69, 9.17) is 23.2 Å². The third-order valence-corrected chi connectivity index (χ3v) is 2.26. The van der Waals surface area contributed by atoms with Crippen molar-refractivity contribution in [1.82, 2.24) is 5.32 Å². The maximum absolute atomic E-state index is 13.0. The Morgan fingerprint density at radius 1 is 1.43 bits per heavy atom. The monoisotopic (exact) mass is 231 g/mol. The quantitative estimate of drug-likeness (QED) is 0.579. The second-order valence-electron chi connectivity index (χ2n) is 2.59. The van der Waals surface area contributed by atoms with Crippen LogP contribution in [0.25, 0.3) is 0 Å². The zero-order valence-electron chi connectivity index (χ0n) is 7.50. The number of hydrogen-bond acceptors (Lipinski definition) is 1. The predicted octanol–water partition coefficient (Wildman–Crippen LogP) is 2.70. The van der Waals surface area contributed by atoms with Gasteiger partial charge in [-0.1, -0.05) is 35.0 Å². The average molecular weight is 232 g/mol. The maximum atomic E-state index is 13.0. The van der Waals surface area contributed by atoms with E-state index in [1.165, 1.54) is 12.1 Å². The van der Waals surface area contributed by atoms with Crippen LogP contribution in [-0.4, -0.2) is 13.6 Å². The molecule has 74 valence electrons. The predicted molar refractivity (Wildman–Crippen MR) is 57.2 cm³/mol. The Hall–Kier alpha value is -0.750. The molecule has 0 radical (unpaired) electrons. The van der Waals surface area contributed by atoms with Gasteiger partial charge in [0.15, 0.2) is 0 Å². The van der Waals surface area contributed by atoms with Gasteiger partial charge in [-0.15, -0.1) is 0 Å². The molecule has 14 heavy (non-hydrogen) atoms. The summed E-state index contributed by atoms with van der Waals surface area (Å²) < 4.78 is 13.0. The van der Waals surface area contributed by atoms with E-state index in [2.05, 4.69) is 17.2 Å². The SMILES string of the molecule is CNCC#Cc1cc(F)c(Cl)c(Cl)c1.